The van der Waals surface area contributed by atoms with Gasteiger partial charge in [-0.1, -0.05) is 6.92 Å². The van der Waals surface area contributed by atoms with Crippen molar-refractivity contribution in [1.82, 2.24) is 9.62 Å². The molecule has 0 unspecified atom stereocenters. The molecule has 0 aliphatic heterocycles. The molecule has 4 nitrogen and oxygen atoms in total. The van der Waals surface area contributed by atoms with Gasteiger partial charge in [-0.2, -0.15) is 4.31 Å². The summed E-state index contributed by atoms with van der Waals surface area (Å²) in [5.41, 5.74) is 0.208. The highest BCUT2D eigenvalue weighted by atomic mass is 32.2. The summed E-state index contributed by atoms with van der Waals surface area (Å²) in [6.45, 7) is 1.37. The molecule has 0 fully saturated rings. The molecule has 0 saturated heterocycles. The van der Waals surface area contributed by atoms with Crippen LogP contribution in [0.2, 0.25) is 0 Å². The first-order chi connectivity index (χ1) is 9.70. The lowest BCUT2D eigenvalue weighted by Crippen LogP contribution is -2.32. The minimum atomic E-state index is -4.52. The maximum atomic E-state index is 13.7. The molecule has 0 aliphatic rings. The van der Waals surface area contributed by atoms with Crippen molar-refractivity contribution in [3.63, 3.8) is 0 Å². The van der Waals surface area contributed by atoms with E-state index in [0.717, 1.165) is 19.2 Å². The van der Waals surface area contributed by atoms with Gasteiger partial charge in [0.1, 0.15) is 4.90 Å². The predicted octanol–water partition coefficient (Wildman–Crippen LogP) is 1.96. The summed E-state index contributed by atoms with van der Waals surface area (Å²) in [6.07, 6.45) is -2.91. The first-order valence-electron chi connectivity index (χ1n) is 6.13. The van der Waals surface area contributed by atoms with Crippen LogP contribution in [0, 0.1) is 11.6 Å². The molecular formula is C12H16F4N2O2S. The van der Waals surface area contributed by atoms with Gasteiger partial charge in [0.25, 0.3) is 6.43 Å². The third-order valence-corrected chi connectivity index (χ3v) is 4.54. The summed E-state index contributed by atoms with van der Waals surface area (Å²) in [5, 5.41) is 2.83. The number of rotatable bonds is 7. The van der Waals surface area contributed by atoms with Gasteiger partial charge in [0.15, 0.2) is 11.6 Å². The van der Waals surface area contributed by atoms with Crippen molar-refractivity contribution in [2.75, 3.05) is 20.1 Å². The monoisotopic (exact) mass is 328 g/mol. The quantitative estimate of drug-likeness (QED) is 0.779. The van der Waals surface area contributed by atoms with Gasteiger partial charge in [-0.05, 0) is 24.2 Å². The molecule has 0 radical (unpaired) electrons. The van der Waals surface area contributed by atoms with E-state index < -0.39 is 39.5 Å². The van der Waals surface area contributed by atoms with Crippen molar-refractivity contribution in [2.24, 2.45) is 0 Å². The standard InChI is InChI=1S/C12H16F4N2O2S/c1-3-17-6-8-4-9(13)12(16)10(5-8)21(19,20)18(2)7-11(14)15/h4-5,11,17H,3,6-7H2,1-2H3. The van der Waals surface area contributed by atoms with E-state index >= 15 is 0 Å². The van der Waals surface area contributed by atoms with Crippen LogP contribution in [0.1, 0.15) is 12.5 Å². The molecule has 0 heterocycles. The number of nitrogens with zero attached hydrogens (tertiary/aromatic N) is 1. The number of halogens is 4. The Hall–Kier alpha value is -1.19. The molecule has 0 aliphatic carbocycles. The maximum Gasteiger partial charge on any atom is 0.252 e. The van der Waals surface area contributed by atoms with E-state index in [2.05, 4.69) is 5.32 Å². The number of hydrogen-bond donors (Lipinski definition) is 1. The van der Waals surface area contributed by atoms with Crippen LogP contribution in [0.4, 0.5) is 17.6 Å². The fourth-order valence-electron chi connectivity index (χ4n) is 1.64. The lowest BCUT2D eigenvalue weighted by atomic mass is 10.2. The van der Waals surface area contributed by atoms with Crippen LogP contribution in [0.5, 0.6) is 0 Å². The zero-order chi connectivity index (χ0) is 16.2. The van der Waals surface area contributed by atoms with E-state index in [0.29, 0.717) is 10.8 Å². The first-order valence-corrected chi connectivity index (χ1v) is 7.57. The Labute approximate surface area is 120 Å². The summed E-state index contributed by atoms with van der Waals surface area (Å²) in [4.78, 5) is -0.946. The Morgan fingerprint density at radius 1 is 1.29 bits per heavy atom. The molecular weight excluding hydrogens is 312 g/mol. The molecule has 0 amide bonds. The van der Waals surface area contributed by atoms with Crippen molar-refractivity contribution in [3.8, 4) is 0 Å². The smallest absolute Gasteiger partial charge is 0.252 e. The van der Waals surface area contributed by atoms with Gasteiger partial charge in [0.2, 0.25) is 10.0 Å². The molecule has 1 aromatic rings. The van der Waals surface area contributed by atoms with E-state index in [-0.39, 0.29) is 12.1 Å². The number of benzene rings is 1. The van der Waals surface area contributed by atoms with Gasteiger partial charge in [-0.25, -0.2) is 26.0 Å². The molecule has 1 N–H and O–H groups in total. The van der Waals surface area contributed by atoms with E-state index in [9.17, 15) is 26.0 Å². The average Bonchev–Trinajstić information content (AvgIpc) is 2.38. The van der Waals surface area contributed by atoms with Crippen LogP contribution < -0.4 is 5.32 Å². The third-order valence-electron chi connectivity index (χ3n) is 2.72. The van der Waals surface area contributed by atoms with Crippen LogP contribution in [0.3, 0.4) is 0 Å². The van der Waals surface area contributed by atoms with Crippen LogP contribution >= 0.6 is 0 Å². The Kier molecular flexibility index (Phi) is 6.11. The molecule has 9 heteroatoms. The second-order valence-corrected chi connectivity index (χ2v) is 6.36. The van der Waals surface area contributed by atoms with Gasteiger partial charge in [-0.15, -0.1) is 0 Å². The lowest BCUT2D eigenvalue weighted by Gasteiger charge is -2.18. The van der Waals surface area contributed by atoms with E-state index in [4.69, 9.17) is 0 Å². The van der Waals surface area contributed by atoms with Crippen LogP contribution in [0.15, 0.2) is 17.0 Å². The topological polar surface area (TPSA) is 49.4 Å². The van der Waals surface area contributed by atoms with Crippen molar-refractivity contribution in [3.05, 3.63) is 29.3 Å². The van der Waals surface area contributed by atoms with Gasteiger partial charge in [0.05, 0.1) is 6.54 Å². The minimum Gasteiger partial charge on any atom is -0.313 e. The van der Waals surface area contributed by atoms with Crippen LogP contribution in [0.25, 0.3) is 0 Å². The zero-order valence-corrected chi connectivity index (χ0v) is 12.4. The number of alkyl halides is 2. The zero-order valence-electron chi connectivity index (χ0n) is 11.5. The highest BCUT2D eigenvalue weighted by molar-refractivity contribution is 7.89. The second-order valence-electron chi connectivity index (χ2n) is 4.35. The van der Waals surface area contributed by atoms with E-state index in [1.165, 1.54) is 0 Å². The molecule has 120 valence electrons. The number of hydrogen-bond acceptors (Lipinski definition) is 3. The van der Waals surface area contributed by atoms with Crippen molar-refractivity contribution >= 4 is 10.0 Å². The average molecular weight is 328 g/mol. The molecule has 0 spiro atoms. The van der Waals surface area contributed by atoms with Gasteiger partial charge in [0, 0.05) is 13.6 Å². The van der Waals surface area contributed by atoms with Crippen molar-refractivity contribution in [2.45, 2.75) is 24.8 Å². The largest absolute Gasteiger partial charge is 0.313 e. The summed E-state index contributed by atoms with van der Waals surface area (Å²) in [5.74, 6) is -2.91. The molecule has 21 heavy (non-hydrogen) atoms. The number of nitrogens with one attached hydrogen (secondary N) is 1. The molecule has 0 bridgehead atoms. The Balaban J connectivity index is 3.24. The van der Waals surface area contributed by atoms with Gasteiger partial charge in [-0.3, -0.25) is 0 Å². The SMILES string of the molecule is CCNCc1cc(F)c(F)c(S(=O)(=O)N(C)CC(F)F)c1. The molecule has 0 atom stereocenters. The molecule has 1 rings (SSSR count). The Morgan fingerprint density at radius 3 is 2.43 bits per heavy atom. The summed E-state index contributed by atoms with van der Waals surface area (Å²) in [7, 11) is -3.64. The Morgan fingerprint density at radius 2 is 1.90 bits per heavy atom. The maximum absolute atomic E-state index is 13.7. The fraction of sp³-hybridized carbons (Fsp3) is 0.500. The molecule has 1 aromatic carbocycles. The summed E-state index contributed by atoms with van der Waals surface area (Å²) in [6, 6.07) is 1.81. The lowest BCUT2D eigenvalue weighted by molar-refractivity contribution is 0.126. The van der Waals surface area contributed by atoms with Crippen molar-refractivity contribution in [1.29, 1.82) is 0 Å². The molecule has 0 saturated carbocycles. The number of sulfonamides is 1. The Bertz CT molecular complexity index is 593. The minimum absolute atomic E-state index is 0.134. The summed E-state index contributed by atoms with van der Waals surface area (Å²) >= 11 is 0. The van der Waals surface area contributed by atoms with Gasteiger partial charge < -0.3 is 5.32 Å². The van der Waals surface area contributed by atoms with Gasteiger partial charge >= 0.3 is 0 Å². The highest BCUT2D eigenvalue weighted by Gasteiger charge is 2.28. The van der Waals surface area contributed by atoms with Crippen LogP contribution in [-0.2, 0) is 16.6 Å². The van der Waals surface area contributed by atoms with E-state index in [1.54, 1.807) is 6.92 Å². The normalized spacial score (nSPS) is 12.4. The predicted molar refractivity (Wildman–Crippen MR) is 69.6 cm³/mol. The van der Waals surface area contributed by atoms with Crippen molar-refractivity contribution < 1.29 is 26.0 Å². The van der Waals surface area contributed by atoms with Crippen LogP contribution in [-0.4, -0.2) is 39.3 Å². The summed E-state index contributed by atoms with van der Waals surface area (Å²) < 4.78 is 76.1. The molecule has 0 aromatic heterocycles. The highest BCUT2D eigenvalue weighted by Crippen LogP contribution is 2.23. The second kappa shape index (κ2) is 7.19. The van der Waals surface area contributed by atoms with E-state index in [1.807, 2.05) is 0 Å². The first kappa shape index (κ1) is 17.9. The fourth-order valence-corrected chi connectivity index (χ4v) is 2.91. The third kappa shape index (κ3) is 4.39.